The smallest absolute Gasteiger partial charge is 0.0780 e. The molecule has 0 atom stereocenters. The first-order chi connectivity index (χ1) is 13.5. The summed E-state index contributed by atoms with van der Waals surface area (Å²) in [6.07, 6.45) is 28.8. The quantitative estimate of drug-likeness (QED) is 0.151. The van der Waals surface area contributed by atoms with Crippen molar-refractivity contribution in [3.63, 3.8) is 0 Å². The molecule has 0 saturated carbocycles. The standard InChI is InChI=1S/C15H34N.C12H26.ClH/c1-5-6-7-8-9-10-11-12-13-14-15-16(2,3)4;1-3-5-7-9-11-12-10-8-6-4-2;/h5-15H2,1-4H3;3-12H2,1-2H3;1H/q+1;;/p-1. The van der Waals surface area contributed by atoms with E-state index in [1.807, 2.05) is 0 Å². The molecule has 0 aliphatic heterocycles. The van der Waals surface area contributed by atoms with Crippen molar-refractivity contribution >= 4 is 0 Å². The fourth-order valence-corrected chi connectivity index (χ4v) is 3.63. The molecule has 0 heterocycles. The summed E-state index contributed by atoms with van der Waals surface area (Å²) in [6.45, 7) is 8.17. The van der Waals surface area contributed by atoms with Gasteiger partial charge in [-0.15, -0.1) is 0 Å². The lowest BCUT2D eigenvalue weighted by Crippen LogP contribution is -3.00. The lowest BCUT2D eigenvalue weighted by atomic mass is 10.1. The Labute approximate surface area is 193 Å². The highest BCUT2D eigenvalue weighted by Gasteiger charge is 2.04. The van der Waals surface area contributed by atoms with E-state index in [9.17, 15) is 0 Å². The third-order valence-corrected chi connectivity index (χ3v) is 5.64. The van der Waals surface area contributed by atoms with Gasteiger partial charge in [0, 0.05) is 0 Å². The summed E-state index contributed by atoms with van der Waals surface area (Å²) in [6, 6.07) is 0. The summed E-state index contributed by atoms with van der Waals surface area (Å²) in [5, 5.41) is 0. The van der Waals surface area contributed by atoms with Crippen molar-refractivity contribution in [2.24, 2.45) is 0 Å². The third-order valence-electron chi connectivity index (χ3n) is 5.64. The summed E-state index contributed by atoms with van der Waals surface area (Å²) >= 11 is 0. The summed E-state index contributed by atoms with van der Waals surface area (Å²) in [7, 11) is 6.86. The van der Waals surface area contributed by atoms with Gasteiger partial charge in [-0.05, 0) is 12.8 Å². The van der Waals surface area contributed by atoms with E-state index in [-0.39, 0.29) is 12.4 Å². The van der Waals surface area contributed by atoms with Crippen LogP contribution >= 0.6 is 0 Å². The van der Waals surface area contributed by atoms with Crippen molar-refractivity contribution < 1.29 is 16.9 Å². The summed E-state index contributed by atoms with van der Waals surface area (Å²) in [5.41, 5.74) is 0. The van der Waals surface area contributed by atoms with E-state index in [4.69, 9.17) is 0 Å². The van der Waals surface area contributed by atoms with Gasteiger partial charge in [0.05, 0.1) is 27.7 Å². The van der Waals surface area contributed by atoms with E-state index in [2.05, 4.69) is 41.9 Å². The van der Waals surface area contributed by atoms with Crippen LogP contribution in [0.5, 0.6) is 0 Å². The number of hydrogen-bond acceptors (Lipinski definition) is 0. The molecule has 0 aliphatic rings. The lowest BCUT2D eigenvalue weighted by Gasteiger charge is -2.23. The molecule has 0 aromatic carbocycles. The minimum absolute atomic E-state index is 0. The topological polar surface area (TPSA) is 0 Å². The van der Waals surface area contributed by atoms with E-state index >= 15 is 0 Å². The van der Waals surface area contributed by atoms with Gasteiger partial charge >= 0.3 is 0 Å². The first-order valence-corrected chi connectivity index (χ1v) is 13.3. The molecule has 29 heavy (non-hydrogen) atoms. The monoisotopic (exact) mass is 433 g/mol. The Hall–Kier alpha value is 0.250. The average molecular weight is 434 g/mol. The van der Waals surface area contributed by atoms with Crippen molar-refractivity contribution in [3.8, 4) is 0 Å². The van der Waals surface area contributed by atoms with Crippen LogP contribution in [0.4, 0.5) is 0 Å². The number of quaternary nitrogens is 1. The van der Waals surface area contributed by atoms with Crippen molar-refractivity contribution in [3.05, 3.63) is 0 Å². The fourth-order valence-electron chi connectivity index (χ4n) is 3.63. The van der Waals surface area contributed by atoms with Gasteiger partial charge < -0.3 is 16.9 Å². The normalized spacial score (nSPS) is 11.0. The Bertz CT molecular complexity index is 250. The SMILES string of the molecule is CCCCCCCCCCCC.CCCCCCCCCCCC[N+](C)(C)C.[Cl-]. The van der Waals surface area contributed by atoms with Crippen molar-refractivity contribution in [1.82, 2.24) is 0 Å². The van der Waals surface area contributed by atoms with Crippen LogP contribution in [-0.2, 0) is 0 Å². The van der Waals surface area contributed by atoms with E-state index in [1.165, 1.54) is 135 Å². The highest BCUT2D eigenvalue weighted by Crippen LogP contribution is 2.11. The number of hydrogen-bond donors (Lipinski definition) is 0. The highest BCUT2D eigenvalue weighted by molar-refractivity contribution is 4.47. The molecule has 0 aromatic rings. The molecule has 0 aromatic heterocycles. The minimum atomic E-state index is 0. The van der Waals surface area contributed by atoms with Crippen LogP contribution in [0.2, 0.25) is 0 Å². The molecule has 0 fully saturated rings. The zero-order chi connectivity index (χ0) is 21.3. The molecule has 0 bridgehead atoms. The Balaban J connectivity index is -0.000000468. The second-order valence-electron chi connectivity index (χ2n) is 10.0. The maximum Gasteiger partial charge on any atom is 0.0780 e. The first kappa shape index (κ1) is 33.9. The largest absolute Gasteiger partial charge is 1.00 e. The molecule has 0 unspecified atom stereocenters. The first-order valence-electron chi connectivity index (χ1n) is 13.3. The predicted octanol–water partition coefficient (Wildman–Crippen LogP) is 6.54. The van der Waals surface area contributed by atoms with Crippen LogP contribution in [0.25, 0.3) is 0 Å². The molecule has 0 amide bonds. The predicted molar refractivity (Wildman–Crippen MR) is 132 cm³/mol. The molecule has 0 spiro atoms. The summed E-state index contributed by atoms with van der Waals surface area (Å²) < 4.78 is 1.12. The van der Waals surface area contributed by atoms with Crippen LogP contribution in [0.15, 0.2) is 0 Å². The molecule has 0 radical (unpaired) electrons. The van der Waals surface area contributed by atoms with E-state index in [0.717, 1.165) is 4.48 Å². The molecule has 0 rings (SSSR count). The van der Waals surface area contributed by atoms with E-state index < -0.39 is 0 Å². The Morgan fingerprint density at radius 1 is 0.345 bits per heavy atom. The molecule has 0 N–H and O–H groups in total. The zero-order valence-corrected chi connectivity index (χ0v) is 22.4. The van der Waals surface area contributed by atoms with E-state index in [0.29, 0.717) is 0 Å². The van der Waals surface area contributed by atoms with Gasteiger partial charge in [-0.3, -0.25) is 0 Å². The van der Waals surface area contributed by atoms with Crippen LogP contribution in [0, 0.1) is 0 Å². The maximum absolute atomic E-state index is 2.29. The van der Waals surface area contributed by atoms with Gasteiger partial charge in [-0.2, -0.15) is 0 Å². The Kier molecular flexibility index (Phi) is 33.0. The number of unbranched alkanes of at least 4 members (excludes halogenated alkanes) is 18. The Morgan fingerprint density at radius 2 is 0.552 bits per heavy atom. The second-order valence-corrected chi connectivity index (χ2v) is 10.0. The van der Waals surface area contributed by atoms with Gasteiger partial charge in [0.2, 0.25) is 0 Å². The van der Waals surface area contributed by atoms with Gasteiger partial charge in [-0.1, -0.05) is 136 Å². The molecular formula is C27H60ClN. The molecule has 180 valence electrons. The lowest BCUT2D eigenvalue weighted by molar-refractivity contribution is -0.870. The molecule has 0 saturated heterocycles. The maximum atomic E-state index is 2.29. The van der Waals surface area contributed by atoms with Crippen LogP contribution in [0.1, 0.15) is 149 Å². The van der Waals surface area contributed by atoms with Crippen LogP contribution in [-0.4, -0.2) is 32.2 Å². The fraction of sp³-hybridized carbons (Fsp3) is 1.00. The summed E-state index contributed by atoms with van der Waals surface area (Å²) in [5.74, 6) is 0. The average Bonchev–Trinajstić information content (AvgIpc) is 2.65. The second kappa shape index (κ2) is 28.2. The highest BCUT2D eigenvalue weighted by atomic mass is 35.5. The van der Waals surface area contributed by atoms with Crippen LogP contribution in [0.3, 0.4) is 0 Å². The van der Waals surface area contributed by atoms with Gasteiger partial charge in [-0.25, -0.2) is 0 Å². The van der Waals surface area contributed by atoms with Gasteiger partial charge in [0.1, 0.15) is 0 Å². The molecular weight excluding hydrogens is 374 g/mol. The molecule has 1 nitrogen and oxygen atoms in total. The van der Waals surface area contributed by atoms with Crippen molar-refractivity contribution in [2.75, 3.05) is 27.7 Å². The van der Waals surface area contributed by atoms with Crippen LogP contribution < -0.4 is 12.4 Å². The van der Waals surface area contributed by atoms with Crippen molar-refractivity contribution in [2.45, 2.75) is 149 Å². The van der Waals surface area contributed by atoms with E-state index in [1.54, 1.807) is 0 Å². The molecule has 2 heteroatoms. The number of halogens is 1. The molecule has 0 aliphatic carbocycles. The Morgan fingerprint density at radius 3 is 0.759 bits per heavy atom. The van der Waals surface area contributed by atoms with Crippen molar-refractivity contribution in [1.29, 1.82) is 0 Å². The zero-order valence-electron chi connectivity index (χ0n) is 21.7. The summed E-state index contributed by atoms with van der Waals surface area (Å²) in [4.78, 5) is 0. The third kappa shape index (κ3) is 39.3. The number of nitrogens with zero attached hydrogens (tertiary/aromatic N) is 1. The van der Waals surface area contributed by atoms with Gasteiger partial charge in [0.25, 0.3) is 0 Å². The van der Waals surface area contributed by atoms with Gasteiger partial charge in [0.15, 0.2) is 0 Å². The number of rotatable bonds is 20. The minimum Gasteiger partial charge on any atom is -1.00 e.